The maximum Gasteiger partial charge on any atom is 0.261 e. The zero-order chi connectivity index (χ0) is 20.3. The number of alkyl halides is 1. The summed E-state index contributed by atoms with van der Waals surface area (Å²) in [7, 11) is 1.58. The predicted octanol–water partition coefficient (Wildman–Crippen LogP) is 4.73. The van der Waals surface area contributed by atoms with E-state index in [0.29, 0.717) is 28.6 Å². The van der Waals surface area contributed by atoms with Crippen LogP contribution in [0.5, 0.6) is 11.5 Å². The summed E-state index contributed by atoms with van der Waals surface area (Å²) >= 11 is 1.07. The first-order chi connectivity index (χ1) is 13.4. The molecule has 0 saturated heterocycles. The minimum atomic E-state index is -0.785. The third-order valence-electron chi connectivity index (χ3n) is 4.08. The van der Waals surface area contributed by atoms with E-state index in [9.17, 15) is 18.0 Å². The van der Waals surface area contributed by atoms with Crippen LogP contribution < -0.4 is 15.0 Å². The summed E-state index contributed by atoms with van der Waals surface area (Å²) < 4.78 is 50.4. The van der Waals surface area contributed by atoms with Gasteiger partial charge in [0, 0.05) is 30.5 Å². The molecule has 5 nitrogen and oxygen atoms in total. The van der Waals surface area contributed by atoms with Crippen LogP contribution in [0.25, 0.3) is 10.9 Å². The largest absolute Gasteiger partial charge is 0.454 e. The number of ether oxygens (including phenoxy) is 1. The molecule has 0 amide bonds. The van der Waals surface area contributed by atoms with Crippen molar-refractivity contribution in [3.8, 4) is 11.5 Å². The molecule has 0 aliphatic heterocycles. The van der Waals surface area contributed by atoms with Gasteiger partial charge in [-0.1, -0.05) is 11.9 Å². The first-order valence-corrected chi connectivity index (χ1v) is 9.46. The molecule has 9 heteroatoms. The fraction of sp³-hybridized carbons (Fsp3) is 0.263. The maximum absolute atomic E-state index is 14.7. The molecule has 0 aliphatic carbocycles. The van der Waals surface area contributed by atoms with Crippen LogP contribution in [-0.4, -0.2) is 22.0 Å². The summed E-state index contributed by atoms with van der Waals surface area (Å²) in [5.41, 5.74) is 0.593. The van der Waals surface area contributed by atoms with Gasteiger partial charge >= 0.3 is 0 Å². The Bertz CT molecular complexity index is 1070. The number of aryl methyl sites for hydroxylation is 2. The van der Waals surface area contributed by atoms with Crippen molar-refractivity contribution >= 4 is 28.5 Å². The molecule has 28 heavy (non-hydrogen) atoms. The quantitative estimate of drug-likeness (QED) is 0.452. The molecule has 0 aliphatic rings. The van der Waals surface area contributed by atoms with E-state index in [4.69, 9.17) is 4.74 Å². The number of anilines is 1. The zero-order valence-electron chi connectivity index (χ0n) is 15.3. The number of aromatic nitrogens is 2. The highest BCUT2D eigenvalue weighted by Gasteiger charge is 2.16. The van der Waals surface area contributed by atoms with Crippen LogP contribution in [0.3, 0.4) is 0 Å². The SMILES string of the molecule is Cc1c(Oc2cc(F)cc(NSCCCF)c2F)ccc2ncn(C)c(=O)c12. The van der Waals surface area contributed by atoms with Crippen LogP contribution in [0, 0.1) is 18.6 Å². The molecule has 2 aromatic carbocycles. The number of hydrogen-bond acceptors (Lipinski definition) is 5. The third-order valence-corrected chi connectivity index (χ3v) is 4.94. The molecule has 0 unspecified atom stereocenters. The fourth-order valence-corrected chi connectivity index (χ4v) is 3.29. The summed E-state index contributed by atoms with van der Waals surface area (Å²) in [5.74, 6) is -1.17. The fourth-order valence-electron chi connectivity index (χ4n) is 2.63. The lowest BCUT2D eigenvalue weighted by Crippen LogP contribution is -2.18. The van der Waals surface area contributed by atoms with Crippen LogP contribution in [0.2, 0.25) is 0 Å². The van der Waals surface area contributed by atoms with Gasteiger partial charge in [0.15, 0.2) is 11.6 Å². The van der Waals surface area contributed by atoms with Gasteiger partial charge in [-0.3, -0.25) is 9.18 Å². The van der Waals surface area contributed by atoms with Crippen molar-refractivity contribution in [2.24, 2.45) is 7.05 Å². The topological polar surface area (TPSA) is 56.1 Å². The van der Waals surface area contributed by atoms with Gasteiger partial charge in [0.05, 0.1) is 29.6 Å². The van der Waals surface area contributed by atoms with Crippen LogP contribution in [0.1, 0.15) is 12.0 Å². The number of fused-ring (bicyclic) bond motifs is 1. The van der Waals surface area contributed by atoms with Gasteiger partial charge in [-0.2, -0.15) is 0 Å². The summed E-state index contributed by atoms with van der Waals surface area (Å²) in [6.07, 6.45) is 1.71. The lowest BCUT2D eigenvalue weighted by molar-refractivity contribution is 0.436. The monoisotopic (exact) mass is 409 g/mol. The Morgan fingerprint density at radius 3 is 2.79 bits per heavy atom. The van der Waals surface area contributed by atoms with Crippen molar-refractivity contribution in [1.82, 2.24) is 9.55 Å². The molecule has 3 aromatic rings. The first-order valence-electron chi connectivity index (χ1n) is 8.48. The van der Waals surface area contributed by atoms with Crippen LogP contribution in [-0.2, 0) is 7.05 Å². The van der Waals surface area contributed by atoms with Crippen molar-refractivity contribution in [3.63, 3.8) is 0 Å². The molecule has 0 spiro atoms. The van der Waals surface area contributed by atoms with E-state index in [0.717, 1.165) is 24.1 Å². The number of nitrogens with zero attached hydrogens (tertiary/aromatic N) is 2. The first kappa shape index (κ1) is 20.1. The van der Waals surface area contributed by atoms with Gasteiger partial charge in [0.1, 0.15) is 11.6 Å². The highest BCUT2D eigenvalue weighted by atomic mass is 32.2. The van der Waals surface area contributed by atoms with E-state index in [-0.39, 0.29) is 22.7 Å². The Balaban J connectivity index is 1.95. The third kappa shape index (κ3) is 4.09. The second-order valence-corrected chi connectivity index (χ2v) is 7.01. The molecular weight excluding hydrogens is 391 g/mol. The molecule has 148 valence electrons. The number of halogens is 3. The van der Waals surface area contributed by atoms with Crippen molar-refractivity contribution in [1.29, 1.82) is 0 Å². The maximum atomic E-state index is 14.7. The molecule has 0 saturated carbocycles. The second-order valence-electron chi connectivity index (χ2n) is 6.10. The van der Waals surface area contributed by atoms with E-state index >= 15 is 0 Å². The number of benzene rings is 2. The Morgan fingerprint density at radius 1 is 1.25 bits per heavy atom. The van der Waals surface area contributed by atoms with Crippen molar-refractivity contribution < 1.29 is 17.9 Å². The number of rotatable bonds is 7. The van der Waals surface area contributed by atoms with Crippen molar-refractivity contribution in [2.75, 3.05) is 17.1 Å². The smallest absolute Gasteiger partial charge is 0.261 e. The minimum absolute atomic E-state index is 0.102. The molecule has 1 N–H and O–H groups in total. The molecule has 0 atom stereocenters. The Morgan fingerprint density at radius 2 is 2.04 bits per heavy atom. The molecule has 1 heterocycles. The number of nitrogens with one attached hydrogen (secondary N) is 1. The molecule has 1 aromatic heterocycles. The average Bonchev–Trinajstić information content (AvgIpc) is 2.67. The lowest BCUT2D eigenvalue weighted by Gasteiger charge is -2.14. The molecule has 0 radical (unpaired) electrons. The van der Waals surface area contributed by atoms with E-state index in [1.54, 1.807) is 26.1 Å². The van der Waals surface area contributed by atoms with Gasteiger partial charge < -0.3 is 14.0 Å². The summed E-state index contributed by atoms with van der Waals surface area (Å²) in [5, 5.41) is 0.347. The van der Waals surface area contributed by atoms with Crippen LogP contribution in [0.15, 0.2) is 35.4 Å². The predicted molar refractivity (Wildman–Crippen MR) is 105 cm³/mol. The van der Waals surface area contributed by atoms with Crippen molar-refractivity contribution in [2.45, 2.75) is 13.3 Å². The summed E-state index contributed by atoms with van der Waals surface area (Å²) in [4.78, 5) is 16.6. The van der Waals surface area contributed by atoms with E-state index in [1.165, 1.54) is 10.9 Å². The lowest BCUT2D eigenvalue weighted by atomic mass is 10.1. The average molecular weight is 409 g/mol. The minimum Gasteiger partial charge on any atom is -0.454 e. The normalized spacial score (nSPS) is 11.0. The second kappa shape index (κ2) is 8.55. The Kier molecular flexibility index (Phi) is 6.13. The number of hydrogen-bond donors (Lipinski definition) is 1. The van der Waals surface area contributed by atoms with Gasteiger partial charge in [0.2, 0.25) is 0 Å². The highest BCUT2D eigenvalue weighted by molar-refractivity contribution is 8.00. The van der Waals surface area contributed by atoms with Crippen LogP contribution in [0.4, 0.5) is 18.9 Å². The summed E-state index contributed by atoms with van der Waals surface area (Å²) in [6, 6.07) is 5.06. The molecule has 3 rings (SSSR count). The van der Waals surface area contributed by atoms with Gasteiger partial charge in [-0.05, 0) is 25.5 Å². The van der Waals surface area contributed by atoms with E-state index in [1.807, 2.05) is 0 Å². The van der Waals surface area contributed by atoms with Gasteiger partial charge in [-0.15, -0.1) is 0 Å². The summed E-state index contributed by atoms with van der Waals surface area (Å²) in [6.45, 7) is 1.17. The Hall–Kier alpha value is -2.68. The van der Waals surface area contributed by atoms with E-state index < -0.39 is 18.3 Å². The highest BCUT2D eigenvalue weighted by Crippen LogP contribution is 2.34. The van der Waals surface area contributed by atoms with Gasteiger partial charge in [0.25, 0.3) is 5.56 Å². The molecular formula is C19H18F3N3O2S. The molecule has 0 fully saturated rings. The van der Waals surface area contributed by atoms with Gasteiger partial charge in [-0.25, -0.2) is 13.8 Å². The van der Waals surface area contributed by atoms with Crippen molar-refractivity contribution in [3.05, 3.63) is 58.1 Å². The molecule has 0 bridgehead atoms. The zero-order valence-corrected chi connectivity index (χ0v) is 16.1. The van der Waals surface area contributed by atoms with E-state index in [2.05, 4.69) is 9.71 Å². The Labute approximate surface area is 163 Å². The van der Waals surface area contributed by atoms with Crippen LogP contribution >= 0.6 is 11.9 Å². The standard InChI is InChI=1S/C19H18F3N3O2S/c1-11-15(5-4-13-17(11)19(26)25(2)10-23-13)27-16-9-12(21)8-14(18(16)22)24-28-7-3-6-20/h4-5,8-10,24H,3,6-7H2,1-2H3.